The first-order chi connectivity index (χ1) is 27.7. The lowest BCUT2D eigenvalue weighted by atomic mass is 9.77. The third-order valence-corrected chi connectivity index (χ3v) is 12.4. The van der Waals surface area contributed by atoms with Crippen molar-refractivity contribution < 1.29 is 23.7 Å². The number of nitrogens with one attached hydrogen (secondary N) is 2. The summed E-state index contributed by atoms with van der Waals surface area (Å²) >= 11 is 0. The molecule has 6 N–H and O–H groups in total. The van der Waals surface area contributed by atoms with E-state index in [9.17, 15) is 14.4 Å². The number of H-pyrrole nitrogens is 2. The number of aromatic amines is 2. The van der Waals surface area contributed by atoms with Crippen LogP contribution in [0.3, 0.4) is 0 Å². The molecule has 0 saturated carbocycles. The molecular formula is C45H47BN6O5. The van der Waals surface area contributed by atoms with Gasteiger partial charge in [-0.25, -0.2) is 0 Å². The number of fused-ring (bicyclic) bond motifs is 2. The molecule has 9 rings (SSSR count). The minimum atomic E-state index is -1.47. The Labute approximate surface area is 331 Å². The lowest BCUT2D eigenvalue weighted by molar-refractivity contribution is -0.142. The summed E-state index contributed by atoms with van der Waals surface area (Å²) in [6, 6.07) is 31.7. The molecule has 57 heavy (non-hydrogen) atoms. The lowest BCUT2D eigenvalue weighted by Crippen LogP contribution is -2.38. The number of hydrogen-bond donors (Lipinski definition) is 4. The van der Waals surface area contributed by atoms with Crippen molar-refractivity contribution in [1.82, 2.24) is 19.8 Å². The third-order valence-electron chi connectivity index (χ3n) is 12.4. The molecule has 3 saturated heterocycles. The summed E-state index contributed by atoms with van der Waals surface area (Å²) in [6.45, 7) is 5.32. The van der Waals surface area contributed by atoms with Crippen LogP contribution in [0.5, 0.6) is 0 Å². The number of nitrogens with zero attached hydrogens (tertiary/aromatic N) is 2. The highest BCUT2D eigenvalue weighted by Gasteiger charge is 2.53. The number of rotatable bonds is 8. The molecule has 6 aromatic rings. The summed E-state index contributed by atoms with van der Waals surface area (Å²) in [4.78, 5) is 51.9. The second-order valence-electron chi connectivity index (χ2n) is 15.9. The Morgan fingerprint density at radius 1 is 0.719 bits per heavy atom. The second kappa shape index (κ2) is 15.0. The van der Waals surface area contributed by atoms with Crippen LogP contribution in [0.2, 0.25) is 0 Å². The van der Waals surface area contributed by atoms with E-state index in [0.29, 0.717) is 73.5 Å². The van der Waals surface area contributed by atoms with Crippen molar-refractivity contribution in [2.24, 2.45) is 11.5 Å². The summed E-state index contributed by atoms with van der Waals surface area (Å²) in [7, 11) is -1.01. The van der Waals surface area contributed by atoms with Crippen molar-refractivity contribution >= 4 is 52.2 Å². The van der Waals surface area contributed by atoms with Crippen LogP contribution in [0.4, 0.5) is 0 Å². The van der Waals surface area contributed by atoms with E-state index in [1.165, 1.54) is 11.1 Å². The van der Waals surface area contributed by atoms with E-state index in [1.807, 2.05) is 70.5 Å². The number of benzene rings is 4. The Balaban J connectivity index is 0.899. The monoisotopic (exact) mass is 762 g/mol. The van der Waals surface area contributed by atoms with E-state index < -0.39 is 18.7 Å². The molecule has 3 aliphatic heterocycles. The van der Waals surface area contributed by atoms with Crippen molar-refractivity contribution in [1.29, 1.82) is 0 Å². The quantitative estimate of drug-likeness (QED) is 0.143. The highest BCUT2D eigenvalue weighted by atomic mass is 16.7. The zero-order valence-corrected chi connectivity index (χ0v) is 32.1. The molecule has 0 unspecified atom stereocenters. The zero-order valence-electron chi connectivity index (χ0n) is 32.1. The number of carbonyl (C=O) groups excluding carboxylic acids is 3. The highest BCUT2D eigenvalue weighted by Crippen LogP contribution is 2.37. The summed E-state index contributed by atoms with van der Waals surface area (Å²) < 4.78 is 12.4. The molecule has 3 fully saturated rings. The Morgan fingerprint density at radius 2 is 1.28 bits per heavy atom. The predicted octanol–water partition coefficient (Wildman–Crippen LogP) is 5.79. The van der Waals surface area contributed by atoms with Crippen LogP contribution in [0.25, 0.3) is 21.8 Å². The molecule has 2 amide bonds. The van der Waals surface area contributed by atoms with Crippen LogP contribution in [0.1, 0.15) is 93.2 Å². The number of aromatic nitrogens is 2. The smallest absolute Gasteiger partial charge is 0.503 e. The van der Waals surface area contributed by atoms with Crippen molar-refractivity contribution in [3.8, 4) is 0 Å². The molecule has 0 aliphatic carbocycles. The highest BCUT2D eigenvalue weighted by molar-refractivity contribution is 6.67. The number of carbonyl (C=O) groups is 3. The summed E-state index contributed by atoms with van der Waals surface area (Å²) in [5.74, 6) is 0.120. The minimum Gasteiger partial charge on any atom is -0.503 e. The van der Waals surface area contributed by atoms with Crippen molar-refractivity contribution in [3.63, 3.8) is 0 Å². The van der Waals surface area contributed by atoms with Gasteiger partial charge < -0.3 is 40.5 Å². The van der Waals surface area contributed by atoms with E-state index in [1.54, 1.807) is 6.92 Å². The Hall–Kier alpha value is -5.69. The van der Waals surface area contributed by atoms with E-state index >= 15 is 0 Å². The Kier molecular flexibility index (Phi) is 9.72. The zero-order chi connectivity index (χ0) is 39.3. The molecule has 1 atom stereocenters. The van der Waals surface area contributed by atoms with Crippen molar-refractivity contribution in [3.05, 3.63) is 136 Å². The number of piperidine rings is 2. The van der Waals surface area contributed by atoms with Crippen LogP contribution in [0, 0.1) is 0 Å². The standard InChI is InChI=1S/C45H47BN6O5/c1-45(41-25-35-34(10-4-12-38(35)50-41)42(53)51-18-14-30(15-19-51)32-8-2-6-28(22-32)26-47)44(55)56-46(57-45)37-11-5-13-39-36(37)24-40(49-39)43(54)52-20-16-31(17-21-52)33-9-3-7-29(23-33)27-48/h2-13,22-25,30-31,49-50H,14-21,26-27,47-48H2,1H3/t45-/m1/s1. The van der Waals surface area contributed by atoms with E-state index in [4.69, 9.17) is 20.8 Å². The second-order valence-corrected chi connectivity index (χ2v) is 15.9. The molecule has 0 bridgehead atoms. The predicted molar refractivity (Wildman–Crippen MR) is 221 cm³/mol. The maximum atomic E-state index is 14.0. The number of likely N-dealkylation sites (tertiary alicyclic amines) is 2. The maximum Gasteiger partial charge on any atom is 0.566 e. The molecule has 5 heterocycles. The van der Waals surface area contributed by atoms with Gasteiger partial charge in [0.25, 0.3) is 11.8 Å². The summed E-state index contributed by atoms with van der Waals surface area (Å²) in [6.07, 6.45) is 3.51. The van der Waals surface area contributed by atoms with Gasteiger partial charge in [-0.05, 0) is 97.0 Å². The van der Waals surface area contributed by atoms with Gasteiger partial charge in [-0.15, -0.1) is 0 Å². The fourth-order valence-electron chi connectivity index (χ4n) is 9.01. The number of nitrogens with two attached hydrogens (primary N) is 2. The lowest BCUT2D eigenvalue weighted by Gasteiger charge is -2.32. The number of hydrogen-bond acceptors (Lipinski definition) is 7. The molecule has 0 spiro atoms. The van der Waals surface area contributed by atoms with Gasteiger partial charge in [-0.1, -0.05) is 66.7 Å². The topological polar surface area (TPSA) is 160 Å². The molecule has 3 aliphatic rings. The van der Waals surface area contributed by atoms with E-state index in [-0.39, 0.29) is 11.8 Å². The van der Waals surface area contributed by atoms with Crippen LogP contribution in [-0.4, -0.2) is 70.8 Å². The fourth-order valence-corrected chi connectivity index (χ4v) is 9.01. The van der Waals surface area contributed by atoms with E-state index in [2.05, 4.69) is 46.4 Å². The SMILES string of the molecule is C[C@]1(c2cc3c(C(=O)N4CCC(c5cccc(CN)c5)CC4)cccc3[nH]2)OB(c2cccc3[nH]c(C(=O)N4CCC(c5cccc(CN)c5)CC4)cc23)OC1=O. The van der Waals surface area contributed by atoms with Gasteiger partial charge in [0.15, 0.2) is 5.60 Å². The normalized spacial score (nSPS) is 19.5. The maximum absolute atomic E-state index is 14.0. The first kappa shape index (κ1) is 36.9. The van der Waals surface area contributed by atoms with Crippen LogP contribution in [0.15, 0.2) is 97.1 Å². The van der Waals surface area contributed by atoms with Gasteiger partial charge >= 0.3 is 13.1 Å². The van der Waals surface area contributed by atoms with Gasteiger partial charge in [-0.3, -0.25) is 14.4 Å². The van der Waals surface area contributed by atoms with Gasteiger partial charge in [0, 0.05) is 72.1 Å². The molecular weight excluding hydrogens is 715 g/mol. The first-order valence-corrected chi connectivity index (χ1v) is 20.0. The van der Waals surface area contributed by atoms with Crippen molar-refractivity contribution in [2.45, 2.75) is 63.1 Å². The van der Waals surface area contributed by atoms with Crippen LogP contribution in [-0.2, 0) is 32.8 Å². The van der Waals surface area contributed by atoms with Crippen LogP contribution >= 0.6 is 0 Å². The van der Waals surface area contributed by atoms with Gasteiger partial charge in [0.05, 0.1) is 5.69 Å². The molecule has 2 aromatic heterocycles. The van der Waals surface area contributed by atoms with Crippen molar-refractivity contribution in [2.75, 3.05) is 26.2 Å². The summed E-state index contributed by atoms with van der Waals surface area (Å²) in [5, 5.41) is 1.47. The first-order valence-electron chi connectivity index (χ1n) is 20.0. The molecule has 4 aromatic carbocycles. The van der Waals surface area contributed by atoms with Gasteiger partial charge in [0.2, 0.25) is 0 Å². The third kappa shape index (κ3) is 6.81. The van der Waals surface area contributed by atoms with Gasteiger partial charge in [0.1, 0.15) is 5.69 Å². The number of amides is 2. The minimum absolute atomic E-state index is 0.0376. The molecule has 11 nitrogen and oxygen atoms in total. The Bertz CT molecular complexity index is 2500. The molecule has 290 valence electrons. The average molecular weight is 763 g/mol. The van der Waals surface area contributed by atoms with Gasteiger partial charge in [-0.2, -0.15) is 0 Å². The fraction of sp³-hybridized carbons (Fsp3) is 0.311. The summed E-state index contributed by atoms with van der Waals surface area (Å²) in [5.41, 5.74) is 18.7. The average Bonchev–Trinajstić information content (AvgIpc) is 3.99. The largest absolute Gasteiger partial charge is 0.566 e. The molecule has 12 heteroatoms. The van der Waals surface area contributed by atoms with Crippen LogP contribution < -0.4 is 16.9 Å². The van der Waals surface area contributed by atoms with E-state index in [0.717, 1.165) is 58.6 Å². The Morgan fingerprint density at radius 3 is 1.89 bits per heavy atom. The molecule has 0 radical (unpaired) electrons.